The zero-order valence-electron chi connectivity index (χ0n) is 12.1. The molecular weight excluding hydrogens is 289 g/mol. The number of amides is 2. The maximum Gasteiger partial charge on any atom is 0.433 e. The van der Waals surface area contributed by atoms with Gasteiger partial charge in [0.25, 0.3) is 11.4 Å². The lowest BCUT2D eigenvalue weighted by molar-refractivity contribution is -0.111. The Labute approximate surface area is 117 Å². The van der Waals surface area contributed by atoms with Crippen molar-refractivity contribution in [1.29, 1.82) is 0 Å². The molecule has 9 nitrogen and oxygen atoms in total. The molecular formula is C10H20N3O6P. The summed E-state index contributed by atoms with van der Waals surface area (Å²) in [5.41, 5.74) is 4.31. The first-order chi connectivity index (χ1) is 9.12. The largest absolute Gasteiger partial charge is 0.433 e. The van der Waals surface area contributed by atoms with Crippen molar-refractivity contribution in [2.45, 2.75) is 39.9 Å². The molecule has 0 aromatic rings. The van der Waals surface area contributed by atoms with Crippen LogP contribution in [0.15, 0.2) is 5.16 Å². The number of carbonyl (C=O) groups is 2. The third-order valence-electron chi connectivity index (χ3n) is 1.60. The van der Waals surface area contributed by atoms with E-state index in [4.69, 9.17) is 14.8 Å². The molecule has 20 heavy (non-hydrogen) atoms. The van der Waals surface area contributed by atoms with Crippen molar-refractivity contribution in [2.24, 2.45) is 10.9 Å². The van der Waals surface area contributed by atoms with Gasteiger partial charge in [-0.2, -0.15) is 0 Å². The zero-order chi connectivity index (χ0) is 15.9. The molecule has 0 aromatic carbocycles. The Bertz CT molecular complexity index is 421. The molecule has 0 aliphatic heterocycles. The van der Waals surface area contributed by atoms with Gasteiger partial charge in [0.15, 0.2) is 0 Å². The molecule has 0 bridgehead atoms. The van der Waals surface area contributed by atoms with Gasteiger partial charge in [-0.3, -0.25) is 14.2 Å². The topological polar surface area (TPSA) is 129 Å². The fourth-order valence-electron chi connectivity index (χ4n) is 1.04. The quantitative estimate of drug-likeness (QED) is 0.314. The SMILES string of the molecule is CNC(=O)ON=C(C(N)=O)P(=O)(OC(C)C)OC(C)C. The number of hydrogen-bond acceptors (Lipinski definition) is 7. The van der Waals surface area contributed by atoms with Crippen molar-refractivity contribution in [3.63, 3.8) is 0 Å². The maximum atomic E-state index is 12.6. The summed E-state index contributed by atoms with van der Waals surface area (Å²) in [5, 5.41) is 5.29. The van der Waals surface area contributed by atoms with E-state index < -0.39 is 37.3 Å². The first-order valence-electron chi connectivity index (χ1n) is 5.86. The molecule has 0 radical (unpaired) electrons. The van der Waals surface area contributed by atoms with E-state index in [1.165, 1.54) is 7.05 Å². The van der Waals surface area contributed by atoms with Crippen LogP contribution < -0.4 is 11.1 Å². The Kier molecular flexibility index (Phi) is 7.41. The summed E-state index contributed by atoms with van der Waals surface area (Å²) in [6.45, 7) is 6.37. The molecule has 0 aliphatic carbocycles. The molecule has 2 amide bonds. The molecule has 0 saturated carbocycles. The summed E-state index contributed by atoms with van der Waals surface area (Å²) in [4.78, 5) is 26.6. The monoisotopic (exact) mass is 309 g/mol. The molecule has 0 atom stereocenters. The van der Waals surface area contributed by atoms with E-state index in [-0.39, 0.29) is 0 Å². The lowest BCUT2D eigenvalue weighted by Gasteiger charge is -2.21. The first kappa shape index (κ1) is 18.6. The second kappa shape index (κ2) is 7.98. The third-order valence-corrected chi connectivity index (χ3v) is 3.82. The highest BCUT2D eigenvalue weighted by Crippen LogP contribution is 2.52. The smallest absolute Gasteiger partial charge is 0.364 e. The van der Waals surface area contributed by atoms with E-state index in [9.17, 15) is 14.2 Å². The standard InChI is InChI=1S/C10H20N3O6P/c1-6(2)18-20(16,19-7(3)4)9(8(11)14)13-17-10(15)12-5/h6-7H,1-5H3,(H2,11,14)(H,12,15). The van der Waals surface area contributed by atoms with Gasteiger partial charge in [0, 0.05) is 7.05 Å². The van der Waals surface area contributed by atoms with Gasteiger partial charge in [-0.1, -0.05) is 5.16 Å². The van der Waals surface area contributed by atoms with Crippen LogP contribution in [-0.2, 0) is 23.2 Å². The highest BCUT2D eigenvalue weighted by molar-refractivity contribution is 7.75. The van der Waals surface area contributed by atoms with Crippen molar-refractivity contribution in [3.8, 4) is 0 Å². The fraction of sp³-hybridized carbons (Fsp3) is 0.700. The lowest BCUT2D eigenvalue weighted by Crippen LogP contribution is -2.28. The number of rotatable bonds is 7. The van der Waals surface area contributed by atoms with Crippen molar-refractivity contribution >= 4 is 25.0 Å². The molecule has 3 N–H and O–H groups in total. The molecule has 0 fully saturated rings. The zero-order valence-corrected chi connectivity index (χ0v) is 13.0. The number of hydrogen-bond donors (Lipinski definition) is 2. The third kappa shape index (κ3) is 6.14. The second-order valence-corrected chi connectivity index (χ2v) is 6.05. The number of nitrogens with one attached hydrogen (secondary N) is 1. The molecule has 116 valence electrons. The summed E-state index contributed by atoms with van der Waals surface area (Å²) in [7, 11) is -2.81. The van der Waals surface area contributed by atoms with Crippen molar-refractivity contribution in [1.82, 2.24) is 5.32 Å². The van der Waals surface area contributed by atoms with E-state index in [2.05, 4.69) is 15.3 Å². The molecule has 0 rings (SSSR count). The molecule has 0 saturated heterocycles. The van der Waals surface area contributed by atoms with Crippen LogP contribution in [0.1, 0.15) is 27.7 Å². The number of oxime groups is 1. The molecule has 0 aromatic heterocycles. The van der Waals surface area contributed by atoms with E-state index in [0.29, 0.717) is 0 Å². The Balaban J connectivity index is 5.48. The second-order valence-electron chi connectivity index (χ2n) is 4.21. The molecule has 0 spiro atoms. The van der Waals surface area contributed by atoms with Gasteiger partial charge in [0.05, 0.1) is 12.2 Å². The van der Waals surface area contributed by atoms with Gasteiger partial charge in [-0.05, 0) is 27.7 Å². The van der Waals surface area contributed by atoms with E-state index in [1.54, 1.807) is 27.7 Å². The van der Waals surface area contributed by atoms with Crippen LogP contribution in [0.2, 0.25) is 0 Å². The predicted molar refractivity (Wildman–Crippen MR) is 72.2 cm³/mol. The normalized spacial score (nSPS) is 12.7. The van der Waals surface area contributed by atoms with Gasteiger partial charge in [0.2, 0.25) is 0 Å². The molecule has 0 unspecified atom stereocenters. The maximum absolute atomic E-state index is 12.6. The van der Waals surface area contributed by atoms with Crippen molar-refractivity contribution in [3.05, 3.63) is 0 Å². The van der Waals surface area contributed by atoms with Gasteiger partial charge < -0.3 is 20.1 Å². The molecule has 10 heteroatoms. The first-order valence-corrected chi connectivity index (χ1v) is 7.40. The van der Waals surface area contributed by atoms with E-state index in [0.717, 1.165) is 0 Å². The fourth-order valence-corrected chi connectivity index (χ4v) is 2.81. The highest BCUT2D eigenvalue weighted by atomic mass is 31.2. The molecule has 0 heterocycles. The average molecular weight is 309 g/mol. The average Bonchev–Trinajstić information content (AvgIpc) is 2.25. The lowest BCUT2D eigenvalue weighted by atomic mass is 10.5. The van der Waals surface area contributed by atoms with Crippen LogP contribution in [0.4, 0.5) is 4.79 Å². The highest BCUT2D eigenvalue weighted by Gasteiger charge is 2.39. The summed E-state index contributed by atoms with van der Waals surface area (Å²) >= 11 is 0. The van der Waals surface area contributed by atoms with Crippen LogP contribution in [0.5, 0.6) is 0 Å². The molecule has 0 aliphatic rings. The minimum Gasteiger partial charge on any atom is -0.364 e. The Hall–Kier alpha value is -1.44. The van der Waals surface area contributed by atoms with Crippen LogP contribution in [0.25, 0.3) is 0 Å². The van der Waals surface area contributed by atoms with Crippen LogP contribution in [0.3, 0.4) is 0 Å². The predicted octanol–water partition coefficient (Wildman–Crippen LogP) is 1.18. The minimum atomic E-state index is -4.09. The van der Waals surface area contributed by atoms with Gasteiger partial charge in [0.1, 0.15) is 0 Å². The Morgan fingerprint density at radius 2 is 1.60 bits per heavy atom. The van der Waals surface area contributed by atoms with E-state index in [1.807, 2.05) is 0 Å². The van der Waals surface area contributed by atoms with Crippen LogP contribution >= 0.6 is 7.60 Å². The summed E-state index contributed by atoms with van der Waals surface area (Å²) in [6, 6.07) is 0. The number of carbonyl (C=O) groups excluding carboxylic acids is 2. The van der Waals surface area contributed by atoms with Gasteiger partial charge in [-0.15, -0.1) is 0 Å². The summed E-state index contributed by atoms with van der Waals surface area (Å²) in [5.74, 6) is -1.17. The van der Waals surface area contributed by atoms with Crippen molar-refractivity contribution < 1.29 is 28.0 Å². The van der Waals surface area contributed by atoms with E-state index >= 15 is 0 Å². The Morgan fingerprint density at radius 3 is 1.90 bits per heavy atom. The summed E-state index contributed by atoms with van der Waals surface area (Å²) < 4.78 is 22.8. The van der Waals surface area contributed by atoms with Crippen molar-refractivity contribution in [2.75, 3.05) is 7.05 Å². The number of primary amides is 1. The van der Waals surface area contributed by atoms with Crippen LogP contribution in [-0.4, -0.2) is 36.7 Å². The number of nitrogens with two attached hydrogens (primary N) is 1. The van der Waals surface area contributed by atoms with Crippen LogP contribution in [0, 0.1) is 0 Å². The summed E-state index contributed by atoms with van der Waals surface area (Å²) in [6.07, 6.45) is -2.00. The number of nitrogens with zero attached hydrogens (tertiary/aromatic N) is 1. The van der Waals surface area contributed by atoms with Gasteiger partial charge >= 0.3 is 13.7 Å². The minimum absolute atomic E-state index is 0.524. The van der Waals surface area contributed by atoms with Gasteiger partial charge in [-0.25, -0.2) is 4.79 Å². The Morgan fingerprint density at radius 1 is 1.15 bits per heavy atom.